The highest BCUT2D eigenvalue weighted by molar-refractivity contribution is 5.49. The summed E-state index contributed by atoms with van der Waals surface area (Å²) in [5.41, 5.74) is 0.353. The van der Waals surface area contributed by atoms with E-state index in [2.05, 4.69) is 32.3 Å². The van der Waals surface area contributed by atoms with Gasteiger partial charge in [-0.15, -0.1) is 0 Å². The van der Waals surface area contributed by atoms with Crippen molar-refractivity contribution in [2.24, 2.45) is 5.92 Å². The van der Waals surface area contributed by atoms with Crippen molar-refractivity contribution >= 4 is 11.5 Å². The first-order valence-electron chi connectivity index (χ1n) is 7.54. The molecule has 0 aromatic carbocycles. The number of hydrogen-bond donors (Lipinski definition) is 2. The van der Waals surface area contributed by atoms with Gasteiger partial charge in [0.1, 0.15) is 11.6 Å². The molecule has 0 aliphatic carbocycles. The number of rotatable bonds is 5. The number of nitrogens with zero attached hydrogens (tertiary/aromatic N) is 4. The first-order chi connectivity index (χ1) is 10.1. The Balaban J connectivity index is 1.63. The standard InChI is InChI=1S/C14H22N6O/c1-10(9-19-5-3-4-6-19)8-15-12-7-13-17-18-14(21)20(13)11(2)16-12/h7,10,15H,3-6,8-9H2,1-2H3,(H,18,21). The Bertz CT molecular complexity index is 670. The van der Waals surface area contributed by atoms with Gasteiger partial charge in [0, 0.05) is 19.2 Å². The number of likely N-dealkylation sites (tertiary alicyclic amines) is 1. The maximum absolute atomic E-state index is 11.5. The number of anilines is 1. The van der Waals surface area contributed by atoms with Gasteiger partial charge < -0.3 is 10.2 Å². The summed E-state index contributed by atoms with van der Waals surface area (Å²) in [6, 6.07) is 1.80. The minimum atomic E-state index is -0.246. The Kier molecular flexibility index (Phi) is 3.92. The van der Waals surface area contributed by atoms with Crippen LogP contribution in [0.3, 0.4) is 0 Å². The Morgan fingerprint density at radius 3 is 2.95 bits per heavy atom. The van der Waals surface area contributed by atoms with Crippen LogP contribution >= 0.6 is 0 Å². The van der Waals surface area contributed by atoms with Crippen LogP contribution in [0, 0.1) is 12.8 Å². The Morgan fingerprint density at radius 2 is 2.19 bits per heavy atom. The Hall–Kier alpha value is -1.89. The highest BCUT2D eigenvalue weighted by Gasteiger charge is 2.15. The molecule has 1 unspecified atom stereocenters. The second kappa shape index (κ2) is 5.85. The predicted octanol–water partition coefficient (Wildman–Crippen LogP) is 0.870. The van der Waals surface area contributed by atoms with Crippen molar-refractivity contribution in [3.8, 4) is 0 Å². The molecule has 2 aromatic rings. The topological polar surface area (TPSA) is 78.3 Å². The van der Waals surface area contributed by atoms with Gasteiger partial charge in [-0.3, -0.25) is 0 Å². The lowest BCUT2D eigenvalue weighted by atomic mass is 10.1. The lowest BCUT2D eigenvalue weighted by Crippen LogP contribution is -2.29. The van der Waals surface area contributed by atoms with Crippen LogP contribution in [0.15, 0.2) is 10.9 Å². The zero-order valence-corrected chi connectivity index (χ0v) is 12.6. The molecule has 0 radical (unpaired) electrons. The van der Waals surface area contributed by atoms with E-state index in [9.17, 15) is 4.79 Å². The number of aryl methyl sites for hydroxylation is 1. The second-order valence-electron chi connectivity index (χ2n) is 5.90. The van der Waals surface area contributed by atoms with E-state index in [-0.39, 0.29) is 5.69 Å². The summed E-state index contributed by atoms with van der Waals surface area (Å²) < 4.78 is 1.47. The number of fused-ring (bicyclic) bond motifs is 1. The van der Waals surface area contributed by atoms with Crippen molar-refractivity contribution in [3.05, 3.63) is 22.4 Å². The van der Waals surface area contributed by atoms with Crippen LogP contribution in [0.1, 0.15) is 25.6 Å². The van der Waals surface area contributed by atoms with Gasteiger partial charge in [-0.2, -0.15) is 5.10 Å². The number of nitrogens with one attached hydrogen (secondary N) is 2. The second-order valence-corrected chi connectivity index (χ2v) is 5.90. The molecule has 1 aliphatic heterocycles. The zero-order chi connectivity index (χ0) is 14.8. The molecule has 7 heteroatoms. The maximum atomic E-state index is 11.5. The summed E-state index contributed by atoms with van der Waals surface area (Å²) in [6.45, 7) is 8.50. The van der Waals surface area contributed by atoms with Crippen LogP contribution in [-0.4, -0.2) is 50.7 Å². The van der Waals surface area contributed by atoms with Gasteiger partial charge in [0.15, 0.2) is 5.65 Å². The zero-order valence-electron chi connectivity index (χ0n) is 12.6. The first kappa shape index (κ1) is 14.1. The molecule has 1 atom stereocenters. The van der Waals surface area contributed by atoms with E-state index in [0.717, 1.165) is 18.9 Å². The van der Waals surface area contributed by atoms with Crippen molar-refractivity contribution in [1.29, 1.82) is 0 Å². The molecule has 21 heavy (non-hydrogen) atoms. The average molecular weight is 290 g/mol. The smallest absolute Gasteiger partial charge is 0.349 e. The predicted molar refractivity (Wildman–Crippen MR) is 81.7 cm³/mol. The van der Waals surface area contributed by atoms with Gasteiger partial charge in [0.05, 0.1) is 0 Å². The van der Waals surface area contributed by atoms with Crippen molar-refractivity contribution < 1.29 is 0 Å². The molecular weight excluding hydrogens is 268 g/mol. The molecule has 3 rings (SSSR count). The highest BCUT2D eigenvalue weighted by atomic mass is 16.1. The third-order valence-corrected chi connectivity index (χ3v) is 3.97. The van der Waals surface area contributed by atoms with E-state index < -0.39 is 0 Å². The molecule has 0 amide bonds. The summed E-state index contributed by atoms with van der Waals surface area (Å²) >= 11 is 0. The monoisotopic (exact) mass is 290 g/mol. The summed E-state index contributed by atoms with van der Waals surface area (Å²) in [5.74, 6) is 1.97. The third kappa shape index (κ3) is 3.07. The van der Waals surface area contributed by atoms with E-state index in [4.69, 9.17) is 0 Å². The maximum Gasteiger partial charge on any atom is 0.349 e. The summed E-state index contributed by atoms with van der Waals surface area (Å²) in [6.07, 6.45) is 2.65. The fourth-order valence-electron chi connectivity index (χ4n) is 2.94. The van der Waals surface area contributed by atoms with Crippen LogP contribution < -0.4 is 11.0 Å². The largest absolute Gasteiger partial charge is 0.370 e. The normalized spacial score (nSPS) is 17.4. The van der Waals surface area contributed by atoms with Gasteiger partial charge in [-0.1, -0.05) is 6.92 Å². The molecule has 0 spiro atoms. The van der Waals surface area contributed by atoms with Gasteiger partial charge in [-0.25, -0.2) is 19.3 Å². The van der Waals surface area contributed by atoms with Crippen LogP contribution in [0.25, 0.3) is 5.65 Å². The van der Waals surface area contributed by atoms with E-state index in [1.54, 1.807) is 6.07 Å². The number of aromatic nitrogens is 4. The summed E-state index contributed by atoms with van der Waals surface area (Å²) in [7, 11) is 0. The number of H-pyrrole nitrogens is 1. The highest BCUT2D eigenvalue weighted by Crippen LogP contribution is 2.12. The van der Waals surface area contributed by atoms with Crippen LogP contribution in [0.4, 0.5) is 5.82 Å². The van der Waals surface area contributed by atoms with Crippen molar-refractivity contribution in [2.75, 3.05) is 31.5 Å². The van der Waals surface area contributed by atoms with E-state index in [0.29, 0.717) is 17.4 Å². The summed E-state index contributed by atoms with van der Waals surface area (Å²) in [4.78, 5) is 18.5. The molecule has 2 aromatic heterocycles. The lowest BCUT2D eigenvalue weighted by Gasteiger charge is -2.20. The van der Waals surface area contributed by atoms with Gasteiger partial charge >= 0.3 is 5.69 Å². The molecule has 1 fully saturated rings. The minimum absolute atomic E-state index is 0.246. The molecule has 1 saturated heterocycles. The van der Waals surface area contributed by atoms with Crippen molar-refractivity contribution in [3.63, 3.8) is 0 Å². The minimum Gasteiger partial charge on any atom is -0.370 e. The van der Waals surface area contributed by atoms with Gasteiger partial charge in [-0.05, 0) is 38.8 Å². The third-order valence-electron chi connectivity index (χ3n) is 3.97. The molecular formula is C14H22N6O. The van der Waals surface area contributed by atoms with Crippen LogP contribution in [-0.2, 0) is 0 Å². The van der Waals surface area contributed by atoms with Crippen LogP contribution in [0.2, 0.25) is 0 Å². The lowest BCUT2D eigenvalue weighted by molar-refractivity contribution is 0.294. The Morgan fingerprint density at radius 1 is 1.43 bits per heavy atom. The van der Waals surface area contributed by atoms with Crippen LogP contribution in [0.5, 0.6) is 0 Å². The molecule has 7 nitrogen and oxygen atoms in total. The SMILES string of the molecule is Cc1nc(NCC(C)CN2CCCC2)cc2n[nH]c(=O)n12. The van der Waals surface area contributed by atoms with E-state index in [1.807, 2.05) is 6.92 Å². The van der Waals surface area contributed by atoms with Crippen molar-refractivity contribution in [1.82, 2.24) is 24.5 Å². The molecule has 3 heterocycles. The quantitative estimate of drug-likeness (QED) is 0.854. The van der Waals surface area contributed by atoms with E-state index in [1.165, 1.54) is 30.3 Å². The fraction of sp³-hybridized carbons (Fsp3) is 0.643. The van der Waals surface area contributed by atoms with Gasteiger partial charge in [0.25, 0.3) is 0 Å². The first-order valence-corrected chi connectivity index (χ1v) is 7.54. The number of hydrogen-bond acceptors (Lipinski definition) is 5. The summed E-state index contributed by atoms with van der Waals surface area (Å²) in [5, 5.41) is 9.78. The molecule has 0 bridgehead atoms. The number of aromatic amines is 1. The molecule has 2 N–H and O–H groups in total. The molecule has 0 saturated carbocycles. The van der Waals surface area contributed by atoms with Crippen molar-refractivity contribution in [2.45, 2.75) is 26.7 Å². The fourth-order valence-corrected chi connectivity index (χ4v) is 2.94. The average Bonchev–Trinajstić information content (AvgIpc) is 3.07. The van der Waals surface area contributed by atoms with E-state index >= 15 is 0 Å². The molecule has 1 aliphatic rings. The molecule has 114 valence electrons. The Labute approximate surface area is 123 Å². The van der Waals surface area contributed by atoms with Gasteiger partial charge in [0.2, 0.25) is 0 Å².